The Balaban J connectivity index is 1.25. The van der Waals surface area contributed by atoms with Gasteiger partial charge in [0.15, 0.2) is 17.5 Å². The molecule has 1 saturated carbocycles. The highest BCUT2D eigenvalue weighted by molar-refractivity contribution is 5.85. The van der Waals surface area contributed by atoms with Crippen molar-refractivity contribution >= 4 is 17.5 Å². The minimum Gasteiger partial charge on any atom is -0.384 e. The second-order valence-electron chi connectivity index (χ2n) is 10.5. The van der Waals surface area contributed by atoms with Gasteiger partial charge in [0.25, 0.3) is 5.91 Å². The minimum absolute atomic E-state index is 0.253. The van der Waals surface area contributed by atoms with E-state index in [0.29, 0.717) is 48.8 Å². The van der Waals surface area contributed by atoms with Gasteiger partial charge >= 0.3 is 0 Å². The zero-order valence-corrected chi connectivity index (χ0v) is 22.9. The van der Waals surface area contributed by atoms with Gasteiger partial charge in [-0.25, -0.2) is 19.0 Å². The van der Waals surface area contributed by atoms with Gasteiger partial charge in [0, 0.05) is 25.1 Å². The molecule has 1 amide bonds. The summed E-state index contributed by atoms with van der Waals surface area (Å²) in [5.41, 5.74) is 0.898. The maximum Gasteiger partial charge on any atom is 0.252 e. The lowest BCUT2D eigenvalue weighted by Gasteiger charge is -2.42. The Morgan fingerprint density at radius 3 is 2.52 bits per heavy atom. The molecule has 0 bridgehead atoms. The van der Waals surface area contributed by atoms with E-state index in [1.54, 1.807) is 12.3 Å². The first-order valence-corrected chi connectivity index (χ1v) is 13.1. The monoisotopic (exact) mass is 548 g/mol. The Morgan fingerprint density at radius 1 is 1.15 bits per heavy atom. The van der Waals surface area contributed by atoms with Gasteiger partial charge in [-0.3, -0.25) is 9.89 Å². The lowest BCUT2D eigenvalue weighted by Crippen LogP contribution is -2.53. The number of halogens is 1. The standard InChI is InChI=1S/C28H33FN8O3/c1-17-11-22(33-23(12-17)34-24-13-18(2)35-36-24)27(39)7-9-28(40-4,10-8-27)26(38)32-19(3)20-5-6-25(30-14-20)37-16-21(29)15-31-37/h5-6,11-16,19,39H,7-10H2,1-4H3,(H,32,38)(H2,33,34,35,36)/t19-,27-,28-/m0/s1. The van der Waals surface area contributed by atoms with Gasteiger partial charge in [0.2, 0.25) is 0 Å². The first kappa shape index (κ1) is 27.4. The van der Waals surface area contributed by atoms with Gasteiger partial charge in [-0.05, 0) is 75.8 Å². The van der Waals surface area contributed by atoms with Crippen LogP contribution in [0.25, 0.3) is 5.82 Å². The Hall–Kier alpha value is -4.16. The zero-order chi connectivity index (χ0) is 28.5. The number of methoxy groups -OCH3 is 1. The van der Waals surface area contributed by atoms with Crippen LogP contribution in [-0.2, 0) is 15.1 Å². The van der Waals surface area contributed by atoms with E-state index in [1.165, 1.54) is 18.0 Å². The molecule has 0 unspecified atom stereocenters. The number of aliphatic hydroxyl groups is 1. The van der Waals surface area contributed by atoms with Crippen LogP contribution in [0.5, 0.6) is 0 Å². The Kier molecular flexibility index (Phi) is 7.39. The number of hydrogen-bond acceptors (Lipinski definition) is 8. The van der Waals surface area contributed by atoms with Crippen molar-refractivity contribution in [3.63, 3.8) is 0 Å². The number of H-pyrrole nitrogens is 1. The minimum atomic E-state index is -1.20. The van der Waals surface area contributed by atoms with Crippen molar-refractivity contribution in [2.45, 2.75) is 63.7 Å². The zero-order valence-electron chi connectivity index (χ0n) is 22.9. The number of hydrogen-bond donors (Lipinski definition) is 4. The quantitative estimate of drug-likeness (QED) is 0.260. The molecule has 4 N–H and O–H groups in total. The number of pyridine rings is 2. The molecule has 1 atom stereocenters. The number of aryl methyl sites for hydroxylation is 2. The fourth-order valence-electron chi connectivity index (χ4n) is 5.06. The largest absolute Gasteiger partial charge is 0.384 e. The SMILES string of the molecule is CO[C@]1(C(=O)N[C@@H](C)c2ccc(-n3cc(F)cn3)nc2)CC[C@](O)(c2cc(C)cc(Nc3cc(C)[nH]n3)n2)CC1. The molecule has 40 heavy (non-hydrogen) atoms. The molecule has 0 spiro atoms. The molecule has 1 aliphatic rings. The second kappa shape index (κ2) is 10.8. The molecule has 4 heterocycles. The summed E-state index contributed by atoms with van der Waals surface area (Å²) in [7, 11) is 1.52. The van der Waals surface area contributed by atoms with Crippen molar-refractivity contribution in [2.24, 2.45) is 0 Å². The molecular formula is C28H33FN8O3. The van der Waals surface area contributed by atoms with Crippen molar-refractivity contribution in [3.05, 3.63) is 77.3 Å². The van der Waals surface area contributed by atoms with Gasteiger partial charge in [-0.1, -0.05) is 6.07 Å². The maximum atomic E-state index is 13.5. The Labute approximate surface area is 231 Å². The number of aromatic nitrogens is 6. The van der Waals surface area contributed by atoms with Crippen molar-refractivity contribution in [3.8, 4) is 5.82 Å². The van der Waals surface area contributed by atoms with Crippen LogP contribution < -0.4 is 10.6 Å². The highest BCUT2D eigenvalue weighted by atomic mass is 19.1. The second-order valence-corrected chi connectivity index (χ2v) is 10.5. The summed E-state index contributed by atoms with van der Waals surface area (Å²) in [6.07, 6.45) is 5.21. The van der Waals surface area contributed by atoms with Crippen molar-refractivity contribution in [1.82, 2.24) is 35.3 Å². The summed E-state index contributed by atoms with van der Waals surface area (Å²) in [4.78, 5) is 22.5. The number of ether oxygens (including phenoxy) is 1. The van der Waals surface area contributed by atoms with E-state index in [0.717, 1.165) is 23.0 Å². The summed E-state index contributed by atoms with van der Waals surface area (Å²) in [6, 6.07) is 8.80. The number of carbonyl (C=O) groups is 1. The van der Waals surface area contributed by atoms with E-state index in [9.17, 15) is 14.3 Å². The van der Waals surface area contributed by atoms with E-state index >= 15 is 0 Å². The number of amides is 1. The van der Waals surface area contributed by atoms with E-state index in [4.69, 9.17) is 4.74 Å². The van der Waals surface area contributed by atoms with Crippen LogP contribution in [0, 0.1) is 19.7 Å². The van der Waals surface area contributed by atoms with Crippen LogP contribution in [0.15, 0.2) is 48.9 Å². The maximum absolute atomic E-state index is 13.5. The molecule has 210 valence electrons. The third kappa shape index (κ3) is 5.58. The normalized spacial score (nSPS) is 21.6. The number of rotatable bonds is 8. The van der Waals surface area contributed by atoms with Crippen molar-refractivity contribution in [2.75, 3.05) is 12.4 Å². The lowest BCUT2D eigenvalue weighted by molar-refractivity contribution is -0.157. The molecule has 0 aromatic carbocycles. The van der Waals surface area contributed by atoms with Gasteiger partial charge < -0.3 is 20.5 Å². The number of carbonyl (C=O) groups excluding carboxylic acids is 1. The summed E-state index contributed by atoms with van der Waals surface area (Å²) in [5.74, 6) is 0.990. The Bertz CT molecular complexity index is 1490. The van der Waals surface area contributed by atoms with E-state index < -0.39 is 17.0 Å². The molecule has 1 aliphatic carbocycles. The molecule has 0 radical (unpaired) electrons. The molecule has 0 aliphatic heterocycles. The first-order valence-electron chi connectivity index (χ1n) is 13.1. The van der Waals surface area contributed by atoms with Gasteiger partial charge in [0.05, 0.1) is 24.1 Å². The molecular weight excluding hydrogens is 515 g/mol. The summed E-state index contributed by atoms with van der Waals surface area (Å²) in [6.45, 7) is 5.72. The number of aromatic amines is 1. The van der Waals surface area contributed by atoms with E-state index in [1.807, 2.05) is 45.0 Å². The first-order chi connectivity index (χ1) is 19.1. The average molecular weight is 549 g/mol. The molecule has 4 aromatic rings. The summed E-state index contributed by atoms with van der Waals surface area (Å²) >= 11 is 0. The smallest absolute Gasteiger partial charge is 0.252 e. The highest BCUT2D eigenvalue weighted by Crippen LogP contribution is 2.43. The van der Waals surface area contributed by atoms with Crippen molar-refractivity contribution < 1.29 is 19.0 Å². The van der Waals surface area contributed by atoms with Crippen molar-refractivity contribution in [1.29, 1.82) is 0 Å². The molecule has 0 saturated heterocycles. The number of nitrogens with one attached hydrogen (secondary N) is 3. The fourth-order valence-corrected chi connectivity index (χ4v) is 5.06. The van der Waals surface area contributed by atoms with Crippen LogP contribution in [0.3, 0.4) is 0 Å². The van der Waals surface area contributed by atoms with E-state index in [-0.39, 0.29) is 11.9 Å². The average Bonchev–Trinajstić information content (AvgIpc) is 3.56. The molecule has 12 heteroatoms. The van der Waals surface area contributed by atoms with Gasteiger partial charge in [-0.2, -0.15) is 10.2 Å². The topological polar surface area (TPSA) is 143 Å². The fraction of sp³-hybridized carbons (Fsp3) is 0.393. The lowest BCUT2D eigenvalue weighted by atomic mass is 9.73. The third-order valence-electron chi connectivity index (χ3n) is 7.50. The van der Waals surface area contributed by atoms with Crippen LogP contribution >= 0.6 is 0 Å². The predicted octanol–water partition coefficient (Wildman–Crippen LogP) is 3.91. The summed E-state index contributed by atoms with van der Waals surface area (Å²) < 4.78 is 20.4. The van der Waals surface area contributed by atoms with Gasteiger partial charge in [-0.15, -0.1) is 0 Å². The van der Waals surface area contributed by atoms with E-state index in [2.05, 4.69) is 35.9 Å². The number of nitrogens with zero attached hydrogens (tertiary/aromatic N) is 5. The Morgan fingerprint density at radius 2 is 1.93 bits per heavy atom. The van der Waals surface area contributed by atoms with Crippen LogP contribution in [-0.4, -0.2) is 53.7 Å². The van der Waals surface area contributed by atoms with Gasteiger partial charge in [0.1, 0.15) is 17.0 Å². The predicted molar refractivity (Wildman–Crippen MR) is 146 cm³/mol. The molecule has 5 rings (SSSR count). The molecule has 1 fully saturated rings. The third-order valence-corrected chi connectivity index (χ3v) is 7.50. The molecule has 11 nitrogen and oxygen atoms in total. The van der Waals surface area contributed by atoms with Crippen LogP contribution in [0.2, 0.25) is 0 Å². The molecule has 4 aromatic heterocycles. The van der Waals surface area contributed by atoms with Crippen LogP contribution in [0.4, 0.5) is 16.0 Å². The van der Waals surface area contributed by atoms with Crippen LogP contribution in [0.1, 0.15) is 61.2 Å². The highest BCUT2D eigenvalue weighted by Gasteiger charge is 2.48. The number of anilines is 2. The summed E-state index contributed by atoms with van der Waals surface area (Å²) in [5, 5.41) is 28.8.